The van der Waals surface area contributed by atoms with Crippen LogP contribution in [0, 0.1) is 5.82 Å². The summed E-state index contributed by atoms with van der Waals surface area (Å²) in [4.78, 5) is 2.10. The Hall–Kier alpha value is -4.17. The molecule has 2 fully saturated rings. The van der Waals surface area contributed by atoms with E-state index in [0.717, 1.165) is 27.9 Å². The molecule has 0 amide bonds. The van der Waals surface area contributed by atoms with Gasteiger partial charge in [-0.05, 0) is 83.0 Å². The van der Waals surface area contributed by atoms with E-state index in [0.29, 0.717) is 40.3 Å². The van der Waals surface area contributed by atoms with Gasteiger partial charge in [0.25, 0.3) is 0 Å². The number of anilines is 1. The first kappa shape index (κ1) is 38.1. The summed E-state index contributed by atoms with van der Waals surface area (Å²) in [5.74, 6) is -0.250. The molecule has 6 N–H and O–H groups in total. The van der Waals surface area contributed by atoms with Crippen LogP contribution in [0.25, 0.3) is 22.3 Å². The standard InChI is InChI=1S/C43H42FNO7S2/c44-31-18-13-28(14-19-31)34(47)7-4-8-37-38(45(43(53)54-37)32-20-15-26(16-21-32)25-5-2-1-3-6-25)33-22-17-30(23-35(33)48)27-9-11-29(12-10-27)42-41(51)40(50)39(49)36(24-46)52-42/h1-3,5-6,9-23,34,36-42,46-51H,4,7-8,24H2/t34-,36-,37-,38-,39-,40+,41-,42+/m1/s1. The van der Waals surface area contributed by atoms with Crippen molar-refractivity contribution in [2.75, 3.05) is 11.5 Å². The number of halogens is 1. The van der Waals surface area contributed by atoms with Crippen molar-refractivity contribution in [3.63, 3.8) is 0 Å². The van der Waals surface area contributed by atoms with E-state index in [1.807, 2.05) is 54.6 Å². The molecule has 2 heterocycles. The summed E-state index contributed by atoms with van der Waals surface area (Å²) >= 11 is 7.57. The van der Waals surface area contributed by atoms with E-state index in [9.17, 15) is 35.0 Å². The number of aliphatic hydroxyl groups is 5. The number of nitrogens with zero attached hydrogens (tertiary/aromatic N) is 1. The minimum Gasteiger partial charge on any atom is -0.508 e. The van der Waals surface area contributed by atoms with Gasteiger partial charge in [-0.2, -0.15) is 0 Å². The van der Waals surface area contributed by atoms with Crippen molar-refractivity contribution < 1.29 is 39.8 Å². The Morgan fingerprint density at radius 1 is 0.759 bits per heavy atom. The van der Waals surface area contributed by atoms with Gasteiger partial charge in [0.15, 0.2) is 0 Å². The Morgan fingerprint density at radius 3 is 2.06 bits per heavy atom. The van der Waals surface area contributed by atoms with Crippen LogP contribution in [0.15, 0.2) is 121 Å². The highest BCUT2D eigenvalue weighted by molar-refractivity contribution is 8.24. The van der Waals surface area contributed by atoms with Gasteiger partial charge >= 0.3 is 0 Å². The van der Waals surface area contributed by atoms with Gasteiger partial charge in [0.1, 0.15) is 46.4 Å². The van der Waals surface area contributed by atoms with Crippen molar-refractivity contribution in [3.8, 4) is 28.0 Å². The molecular formula is C43H42FNO7S2. The predicted molar refractivity (Wildman–Crippen MR) is 213 cm³/mol. The van der Waals surface area contributed by atoms with Crippen LogP contribution < -0.4 is 4.90 Å². The number of hydrogen-bond donors (Lipinski definition) is 6. The average molecular weight is 768 g/mol. The van der Waals surface area contributed by atoms with E-state index in [4.69, 9.17) is 17.0 Å². The molecule has 280 valence electrons. The van der Waals surface area contributed by atoms with Gasteiger partial charge in [0.05, 0.1) is 18.8 Å². The number of hydrogen-bond acceptors (Lipinski definition) is 9. The lowest BCUT2D eigenvalue weighted by atomic mass is 9.90. The van der Waals surface area contributed by atoms with E-state index in [1.54, 1.807) is 42.1 Å². The van der Waals surface area contributed by atoms with Crippen molar-refractivity contribution in [2.45, 2.75) is 67.2 Å². The van der Waals surface area contributed by atoms with E-state index < -0.39 is 43.2 Å². The fourth-order valence-corrected chi connectivity index (χ4v) is 9.24. The van der Waals surface area contributed by atoms with Gasteiger partial charge in [-0.1, -0.05) is 115 Å². The third kappa shape index (κ3) is 7.95. The van der Waals surface area contributed by atoms with Crippen LogP contribution in [0.2, 0.25) is 0 Å². The molecule has 8 nitrogen and oxygen atoms in total. The third-order valence-electron chi connectivity index (χ3n) is 10.4. The molecule has 7 rings (SSSR count). The number of phenols is 1. The Balaban J connectivity index is 1.14. The van der Waals surface area contributed by atoms with Crippen LogP contribution in [-0.4, -0.2) is 71.2 Å². The molecule has 11 heteroatoms. The first-order valence-corrected chi connectivity index (χ1v) is 19.2. The van der Waals surface area contributed by atoms with Crippen LogP contribution in [-0.2, 0) is 4.74 Å². The minimum atomic E-state index is -1.48. The molecule has 0 bridgehead atoms. The van der Waals surface area contributed by atoms with Gasteiger partial charge in [0, 0.05) is 16.5 Å². The molecule has 0 saturated carbocycles. The van der Waals surface area contributed by atoms with Gasteiger partial charge in [-0.3, -0.25) is 0 Å². The van der Waals surface area contributed by atoms with Gasteiger partial charge in [-0.15, -0.1) is 0 Å². The molecule has 0 aliphatic carbocycles. The number of benzene rings is 5. The maximum atomic E-state index is 13.5. The van der Waals surface area contributed by atoms with Crippen molar-refractivity contribution >= 4 is 34.0 Å². The van der Waals surface area contributed by atoms with E-state index in [2.05, 4.69) is 29.2 Å². The van der Waals surface area contributed by atoms with Crippen molar-refractivity contribution in [2.24, 2.45) is 0 Å². The first-order chi connectivity index (χ1) is 26.1. The first-order valence-electron chi connectivity index (χ1n) is 18.0. The number of phenolic OH excluding ortho intramolecular Hbond substituents is 1. The Bertz CT molecular complexity index is 2030. The number of aliphatic hydroxyl groups excluding tert-OH is 5. The Kier molecular flexibility index (Phi) is 11.8. The van der Waals surface area contributed by atoms with Gasteiger partial charge < -0.3 is 40.3 Å². The van der Waals surface area contributed by atoms with E-state index in [-0.39, 0.29) is 22.9 Å². The fourth-order valence-electron chi connectivity index (χ4n) is 7.38. The van der Waals surface area contributed by atoms with Gasteiger partial charge in [-0.25, -0.2) is 4.39 Å². The summed E-state index contributed by atoms with van der Waals surface area (Å²) in [6.45, 7) is -0.509. The van der Waals surface area contributed by atoms with Crippen LogP contribution >= 0.6 is 24.0 Å². The number of ether oxygens (including phenoxy) is 1. The monoisotopic (exact) mass is 767 g/mol. The highest BCUT2D eigenvalue weighted by Gasteiger charge is 2.44. The van der Waals surface area contributed by atoms with E-state index >= 15 is 0 Å². The Labute approximate surface area is 323 Å². The van der Waals surface area contributed by atoms with Crippen LogP contribution in [0.1, 0.15) is 54.2 Å². The maximum absolute atomic E-state index is 13.5. The average Bonchev–Trinajstić information content (AvgIpc) is 3.52. The van der Waals surface area contributed by atoms with Gasteiger partial charge in [0.2, 0.25) is 0 Å². The quantitative estimate of drug-likeness (QED) is 0.0765. The molecule has 0 aromatic heterocycles. The normalized spacial score (nSPS) is 24.8. The molecule has 0 unspecified atom stereocenters. The second kappa shape index (κ2) is 16.7. The number of rotatable bonds is 11. The summed E-state index contributed by atoms with van der Waals surface area (Å²) in [7, 11) is 0. The molecule has 2 aliphatic rings. The summed E-state index contributed by atoms with van der Waals surface area (Å²) in [5.41, 5.74) is 6.56. The smallest absolute Gasteiger partial charge is 0.141 e. The summed E-state index contributed by atoms with van der Waals surface area (Å²) < 4.78 is 19.9. The lowest BCUT2D eigenvalue weighted by molar-refractivity contribution is -0.231. The molecule has 8 atom stereocenters. The molecule has 2 saturated heterocycles. The number of thiocarbonyl (C=S) groups is 1. The predicted octanol–water partition coefficient (Wildman–Crippen LogP) is 7.23. The highest BCUT2D eigenvalue weighted by Crippen LogP contribution is 2.49. The third-order valence-corrected chi connectivity index (χ3v) is 12.0. The van der Waals surface area contributed by atoms with Crippen molar-refractivity contribution in [1.29, 1.82) is 0 Å². The SMILES string of the molecule is OC[C@H]1O[C@@H](c2ccc(-c3ccc([C@@H]4[C@@H](CCC[C@@H](O)c5ccc(F)cc5)SC(=S)N4c4ccc(-c5ccccc5)cc4)c(O)c3)cc2)[C@H](O)[C@@H](O)[C@@H]1O. The lowest BCUT2D eigenvalue weighted by Crippen LogP contribution is -2.55. The summed E-state index contributed by atoms with van der Waals surface area (Å²) in [6.07, 6.45) is -5.13. The topological polar surface area (TPSA) is 134 Å². The maximum Gasteiger partial charge on any atom is 0.141 e. The fraction of sp³-hybridized carbons (Fsp3) is 0.279. The molecule has 2 aliphatic heterocycles. The second-order valence-corrected chi connectivity index (χ2v) is 15.7. The molecular weight excluding hydrogens is 726 g/mol. The molecule has 0 spiro atoms. The zero-order valence-corrected chi connectivity index (χ0v) is 30.9. The number of aromatic hydroxyl groups is 1. The lowest BCUT2D eigenvalue weighted by Gasteiger charge is -2.40. The van der Waals surface area contributed by atoms with Crippen molar-refractivity contribution in [1.82, 2.24) is 0 Å². The van der Waals surface area contributed by atoms with Crippen LogP contribution in [0.4, 0.5) is 10.1 Å². The summed E-state index contributed by atoms with van der Waals surface area (Å²) in [5, 5.41) is 63.1. The number of thioether (sulfide) groups is 1. The minimum absolute atomic E-state index is 0.0405. The Morgan fingerprint density at radius 2 is 1.39 bits per heavy atom. The van der Waals surface area contributed by atoms with Crippen LogP contribution in [0.3, 0.4) is 0 Å². The van der Waals surface area contributed by atoms with Crippen molar-refractivity contribution in [3.05, 3.63) is 144 Å². The molecule has 0 radical (unpaired) electrons. The molecule has 5 aromatic rings. The molecule has 5 aromatic carbocycles. The molecule has 54 heavy (non-hydrogen) atoms. The largest absolute Gasteiger partial charge is 0.508 e. The summed E-state index contributed by atoms with van der Waals surface area (Å²) in [6, 6.07) is 36.7. The second-order valence-electron chi connectivity index (χ2n) is 13.8. The zero-order chi connectivity index (χ0) is 37.9. The van der Waals surface area contributed by atoms with Crippen LogP contribution in [0.5, 0.6) is 5.75 Å². The van der Waals surface area contributed by atoms with E-state index in [1.165, 1.54) is 12.1 Å². The zero-order valence-electron chi connectivity index (χ0n) is 29.2. The highest BCUT2D eigenvalue weighted by atomic mass is 32.2.